The summed E-state index contributed by atoms with van der Waals surface area (Å²) in [6, 6.07) is 17.0. The van der Waals surface area contributed by atoms with E-state index in [0.29, 0.717) is 12.5 Å². The van der Waals surface area contributed by atoms with Crippen LogP contribution in [0.1, 0.15) is 24.6 Å². The molecule has 144 valence electrons. The second-order valence-electron chi connectivity index (χ2n) is 6.93. The first-order valence-electron chi connectivity index (χ1n) is 9.47. The molecule has 1 atom stereocenters. The summed E-state index contributed by atoms with van der Waals surface area (Å²) < 4.78 is 5.77. The molecule has 2 N–H and O–H groups in total. The maximum Gasteiger partial charge on any atom is 0.238 e. The van der Waals surface area contributed by atoms with Gasteiger partial charge in [0.25, 0.3) is 0 Å². The quantitative estimate of drug-likeness (QED) is 0.688. The number of anilines is 1. The Morgan fingerprint density at radius 3 is 2.68 bits per heavy atom. The highest BCUT2D eigenvalue weighted by Crippen LogP contribution is 2.24. The number of hydrogen-bond donors (Lipinski definition) is 2. The highest BCUT2D eigenvalue weighted by atomic mass is 16.5. The fourth-order valence-corrected chi connectivity index (χ4v) is 3.47. The molecule has 0 aliphatic carbocycles. The second kappa shape index (κ2) is 8.67. The van der Waals surface area contributed by atoms with E-state index in [2.05, 4.69) is 25.4 Å². The van der Waals surface area contributed by atoms with E-state index in [9.17, 15) is 4.79 Å². The van der Waals surface area contributed by atoms with Crippen molar-refractivity contribution in [2.45, 2.75) is 18.8 Å². The molecule has 1 fully saturated rings. The molecule has 4 rings (SSSR count). The van der Waals surface area contributed by atoms with Crippen LogP contribution in [0.15, 0.2) is 60.9 Å². The second-order valence-corrected chi connectivity index (χ2v) is 6.93. The predicted molar refractivity (Wildman–Crippen MR) is 106 cm³/mol. The van der Waals surface area contributed by atoms with E-state index in [0.717, 1.165) is 48.9 Å². The third-order valence-corrected chi connectivity index (χ3v) is 4.81. The molecule has 7 heteroatoms. The van der Waals surface area contributed by atoms with Crippen molar-refractivity contribution < 1.29 is 9.53 Å². The topological polar surface area (TPSA) is 83.1 Å². The standard InChI is InChI=1S/C21H23N5O2/c27-20(14-26-12-4-5-16(13-26)21-22-15-23-25-21)24-17-8-10-19(11-9-17)28-18-6-2-1-3-7-18/h1-3,6-11,15-16H,4-5,12-14H2,(H,24,27)(H,22,23,25). The molecule has 1 aromatic heterocycles. The number of carbonyl (C=O) groups excluding carboxylic acids is 1. The summed E-state index contributed by atoms with van der Waals surface area (Å²) in [6.45, 7) is 2.10. The Bertz CT molecular complexity index is 881. The summed E-state index contributed by atoms with van der Waals surface area (Å²) in [5.74, 6) is 2.70. The van der Waals surface area contributed by atoms with Crippen LogP contribution in [-0.2, 0) is 4.79 Å². The van der Waals surface area contributed by atoms with Gasteiger partial charge in [0.05, 0.1) is 6.54 Å². The Balaban J connectivity index is 1.28. The Morgan fingerprint density at radius 1 is 1.14 bits per heavy atom. The molecule has 1 unspecified atom stereocenters. The van der Waals surface area contributed by atoms with Gasteiger partial charge >= 0.3 is 0 Å². The van der Waals surface area contributed by atoms with Gasteiger partial charge in [0.1, 0.15) is 23.7 Å². The number of para-hydroxylation sites is 1. The van der Waals surface area contributed by atoms with Crippen molar-refractivity contribution in [1.29, 1.82) is 0 Å². The SMILES string of the molecule is O=C(CN1CCCC(c2ncn[nH]2)C1)Nc1ccc(Oc2ccccc2)cc1. The third-order valence-electron chi connectivity index (χ3n) is 4.81. The van der Waals surface area contributed by atoms with E-state index in [1.165, 1.54) is 6.33 Å². The Morgan fingerprint density at radius 2 is 1.93 bits per heavy atom. The molecule has 2 heterocycles. The number of H-pyrrole nitrogens is 1. The zero-order chi connectivity index (χ0) is 19.2. The summed E-state index contributed by atoms with van der Waals surface area (Å²) in [6.07, 6.45) is 3.65. The molecule has 1 aliphatic heterocycles. The van der Waals surface area contributed by atoms with Crippen LogP contribution in [0, 0.1) is 0 Å². The molecule has 0 bridgehead atoms. The van der Waals surface area contributed by atoms with Gasteiger partial charge in [0.2, 0.25) is 5.91 Å². The van der Waals surface area contributed by atoms with Crippen LogP contribution in [-0.4, -0.2) is 45.6 Å². The first-order chi connectivity index (χ1) is 13.8. The van der Waals surface area contributed by atoms with Crippen LogP contribution in [0.3, 0.4) is 0 Å². The van der Waals surface area contributed by atoms with Gasteiger partial charge in [-0.2, -0.15) is 5.10 Å². The lowest BCUT2D eigenvalue weighted by atomic mass is 9.97. The van der Waals surface area contributed by atoms with Gasteiger partial charge in [-0.25, -0.2) is 4.98 Å². The highest BCUT2D eigenvalue weighted by molar-refractivity contribution is 5.92. The Hall–Kier alpha value is -3.19. The molecular formula is C21H23N5O2. The number of benzene rings is 2. The van der Waals surface area contributed by atoms with Crippen molar-refractivity contribution in [2.24, 2.45) is 0 Å². The highest BCUT2D eigenvalue weighted by Gasteiger charge is 2.24. The summed E-state index contributed by atoms with van der Waals surface area (Å²) in [7, 11) is 0. The zero-order valence-electron chi connectivity index (χ0n) is 15.5. The van der Waals surface area contributed by atoms with E-state index >= 15 is 0 Å². The molecule has 7 nitrogen and oxygen atoms in total. The van der Waals surface area contributed by atoms with Gasteiger partial charge in [-0.1, -0.05) is 18.2 Å². The number of piperidine rings is 1. The number of ether oxygens (including phenoxy) is 1. The Kier molecular flexibility index (Phi) is 5.63. The third kappa shape index (κ3) is 4.75. The van der Waals surface area contributed by atoms with E-state index in [-0.39, 0.29) is 5.91 Å². The number of likely N-dealkylation sites (tertiary alicyclic amines) is 1. The number of nitrogens with one attached hydrogen (secondary N) is 2. The number of amides is 1. The smallest absolute Gasteiger partial charge is 0.238 e. The van der Waals surface area contributed by atoms with E-state index in [4.69, 9.17) is 4.74 Å². The van der Waals surface area contributed by atoms with Crippen LogP contribution >= 0.6 is 0 Å². The molecule has 2 aromatic carbocycles. The normalized spacial score (nSPS) is 17.2. The van der Waals surface area contributed by atoms with Crippen molar-refractivity contribution in [3.8, 4) is 11.5 Å². The number of carbonyl (C=O) groups is 1. The lowest BCUT2D eigenvalue weighted by Gasteiger charge is -2.30. The average Bonchev–Trinajstić information content (AvgIpc) is 3.25. The van der Waals surface area contributed by atoms with Crippen LogP contribution in [0.5, 0.6) is 11.5 Å². The summed E-state index contributed by atoms with van der Waals surface area (Å²) in [4.78, 5) is 18.8. The average molecular weight is 377 g/mol. The lowest BCUT2D eigenvalue weighted by Crippen LogP contribution is -2.40. The summed E-state index contributed by atoms with van der Waals surface area (Å²) >= 11 is 0. The van der Waals surface area contributed by atoms with Crippen molar-refractivity contribution in [3.63, 3.8) is 0 Å². The number of aromatic amines is 1. The molecule has 1 aliphatic rings. The lowest BCUT2D eigenvalue weighted by molar-refractivity contribution is -0.117. The van der Waals surface area contributed by atoms with Crippen molar-refractivity contribution >= 4 is 11.6 Å². The number of nitrogens with zero attached hydrogens (tertiary/aromatic N) is 3. The maximum atomic E-state index is 12.4. The van der Waals surface area contributed by atoms with Gasteiger partial charge < -0.3 is 10.1 Å². The van der Waals surface area contributed by atoms with Gasteiger partial charge in [0.15, 0.2) is 0 Å². The Labute approximate surface area is 163 Å². The van der Waals surface area contributed by atoms with Gasteiger partial charge in [-0.3, -0.25) is 14.8 Å². The molecule has 0 saturated carbocycles. The molecular weight excluding hydrogens is 354 g/mol. The molecule has 1 saturated heterocycles. The van der Waals surface area contributed by atoms with Crippen LogP contribution in [0.2, 0.25) is 0 Å². The first kappa shape index (κ1) is 18.2. The minimum atomic E-state index is -0.0186. The molecule has 1 amide bonds. The summed E-state index contributed by atoms with van der Waals surface area (Å²) in [5.41, 5.74) is 0.759. The van der Waals surface area contributed by atoms with E-state index in [1.807, 2.05) is 54.6 Å². The van der Waals surface area contributed by atoms with Crippen molar-refractivity contribution in [3.05, 3.63) is 66.7 Å². The van der Waals surface area contributed by atoms with E-state index in [1.54, 1.807) is 0 Å². The minimum absolute atomic E-state index is 0.0186. The molecule has 0 spiro atoms. The number of rotatable bonds is 6. The predicted octanol–water partition coefficient (Wildman–Crippen LogP) is 3.42. The number of aromatic nitrogens is 3. The van der Waals surface area contributed by atoms with Crippen LogP contribution in [0.4, 0.5) is 5.69 Å². The molecule has 3 aromatic rings. The molecule has 0 radical (unpaired) electrons. The largest absolute Gasteiger partial charge is 0.457 e. The zero-order valence-corrected chi connectivity index (χ0v) is 15.5. The van der Waals surface area contributed by atoms with Gasteiger partial charge in [0, 0.05) is 18.2 Å². The van der Waals surface area contributed by atoms with Crippen molar-refractivity contribution in [2.75, 3.05) is 25.0 Å². The first-order valence-corrected chi connectivity index (χ1v) is 9.47. The fourth-order valence-electron chi connectivity index (χ4n) is 3.47. The van der Waals surface area contributed by atoms with Gasteiger partial charge in [-0.05, 0) is 55.8 Å². The monoisotopic (exact) mass is 377 g/mol. The van der Waals surface area contributed by atoms with Gasteiger partial charge in [-0.15, -0.1) is 0 Å². The minimum Gasteiger partial charge on any atom is -0.457 e. The summed E-state index contributed by atoms with van der Waals surface area (Å²) in [5, 5.41) is 9.83. The van der Waals surface area contributed by atoms with Crippen LogP contribution in [0.25, 0.3) is 0 Å². The van der Waals surface area contributed by atoms with Crippen LogP contribution < -0.4 is 10.1 Å². The number of hydrogen-bond acceptors (Lipinski definition) is 5. The van der Waals surface area contributed by atoms with E-state index < -0.39 is 0 Å². The van der Waals surface area contributed by atoms with Crippen molar-refractivity contribution in [1.82, 2.24) is 20.1 Å². The molecule has 28 heavy (non-hydrogen) atoms. The maximum absolute atomic E-state index is 12.4. The fraction of sp³-hybridized carbons (Fsp3) is 0.286.